The van der Waals surface area contributed by atoms with E-state index in [1.165, 1.54) is 11.1 Å². The van der Waals surface area contributed by atoms with Gasteiger partial charge in [0.05, 0.1) is 6.20 Å². The van der Waals surface area contributed by atoms with Gasteiger partial charge in [-0.3, -0.25) is 4.68 Å². The van der Waals surface area contributed by atoms with Gasteiger partial charge in [0.2, 0.25) is 0 Å². The summed E-state index contributed by atoms with van der Waals surface area (Å²) in [6, 6.07) is 6.28. The molecule has 0 bridgehead atoms. The Bertz CT molecular complexity index is 534. The molecule has 0 radical (unpaired) electrons. The molecule has 1 atom stereocenters. The summed E-state index contributed by atoms with van der Waals surface area (Å²) in [6.45, 7) is 5.04. The predicted molar refractivity (Wildman–Crippen MR) is 77.4 cm³/mol. The van der Waals surface area contributed by atoms with E-state index in [9.17, 15) is 0 Å². The van der Waals surface area contributed by atoms with Crippen LogP contribution in [0, 0.1) is 6.92 Å². The first-order chi connectivity index (χ1) is 8.60. The van der Waals surface area contributed by atoms with Crippen molar-refractivity contribution in [3.05, 3.63) is 51.8 Å². The number of aromatic nitrogens is 2. The van der Waals surface area contributed by atoms with Crippen molar-refractivity contribution in [2.75, 3.05) is 0 Å². The fourth-order valence-corrected chi connectivity index (χ4v) is 2.77. The van der Waals surface area contributed by atoms with Crippen LogP contribution < -0.4 is 5.73 Å². The summed E-state index contributed by atoms with van der Waals surface area (Å²) < 4.78 is 3.00. The van der Waals surface area contributed by atoms with Crippen LogP contribution in [0.1, 0.15) is 29.7 Å². The fourth-order valence-electron chi connectivity index (χ4n) is 1.98. The molecule has 2 rings (SSSR count). The SMILES string of the molecule is CCn1cc(CC(N)c2ccc(C)cc2Br)cn1. The van der Waals surface area contributed by atoms with Crippen LogP contribution in [-0.4, -0.2) is 9.78 Å². The van der Waals surface area contributed by atoms with E-state index in [1.807, 2.05) is 10.9 Å². The summed E-state index contributed by atoms with van der Waals surface area (Å²) in [4.78, 5) is 0. The molecule has 0 aliphatic carbocycles. The van der Waals surface area contributed by atoms with Crippen molar-refractivity contribution >= 4 is 15.9 Å². The molecule has 1 heterocycles. The second-order valence-electron chi connectivity index (χ2n) is 4.54. The summed E-state index contributed by atoms with van der Waals surface area (Å²) >= 11 is 3.58. The molecule has 0 fully saturated rings. The standard InChI is InChI=1S/C14H18BrN3/c1-3-18-9-11(8-17-18)7-14(16)12-5-4-10(2)6-13(12)15/h4-6,8-9,14H,3,7,16H2,1-2H3. The first-order valence-corrected chi connectivity index (χ1v) is 6.92. The zero-order valence-corrected chi connectivity index (χ0v) is 12.3. The summed E-state index contributed by atoms with van der Waals surface area (Å²) in [5.74, 6) is 0. The fraction of sp³-hybridized carbons (Fsp3) is 0.357. The number of halogens is 1. The number of nitrogens with zero attached hydrogens (tertiary/aromatic N) is 2. The van der Waals surface area contributed by atoms with E-state index in [1.54, 1.807) is 0 Å². The van der Waals surface area contributed by atoms with Gasteiger partial charge in [-0.25, -0.2) is 0 Å². The lowest BCUT2D eigenvalue weighted by Crippen LogP contribution is -2.13. The molecule has 0 aliphatic heterocycles. The van der Waals surface area contributed by atoms with E-state index in [0.29, 0.717) is 0 Å². The molecule has 0 spiro atoms. The van der Waals surface area contributed by atoms with Gasteiger partial charge in [-0.1, -0.05) is 28.1 Å². The number of benzene rings is 1. The Balaban J connectivity index is 2.13. The van der Waals surface area contributed by atoms with Gasteiger partial charge in [-0.15, -0.1) is 0 Å². The molecule has 0 aliphatic rings. The first-order valence-electron chi connectivity index (χ1n) is 6.13. The minimum atomic E-state index is -0.00511. The van der Waals surface area contributed by atoms with Crippen molar-refractivity contribution in [3.8, 4) is 0 Å². The molecule has 0 amide bonds. The Labute approximate surface area is 116 Å². The summed E-state index contributed by atoms with van der Waals surface area (Å²) in [5, 5.41) is 4.27. The minimum absolute atomic E-state index is 0.00511. The van der Waals surface area contributed by atoms with E-state index in [4.69, 9.17) is 5.73 Å². The van der Waals surface area contributed by atoms with Gasteiger partial charge in [0, 0.05) is 23.3 Å². The smallest absolute Gasteiger partial charge is 0.0522 e. The van der Waals surface area contributed by atoms with Gasteiger partial charge in [0.1, 0.15) is 0 Å². The van der Waals surface area contributed by atoms with Crippen molar-refractivity contribution in [1.29, 1.82) is 0 Å². The van der Waals surface area contributed by atoms with Gasteiger partial charge in [0.25, 0.3) is 0 Å². The maximum atomic E-state index is 6.26. The topological polar surface area (TPSA) is 43.8 Å². The second-order valence-corrected chi connectivity index (χ2v) is 5.39. The number of aryl methyl sites for hydroxylation is 2. The van der Waals surface area contributed by atoms with E-state index in [0.717, 1.165) is 23.0 Å². The third-order valence-electron chi connectivity index (χ3n) is 3.02. The Kier molecular flexibility index (Phi) is 4.19. The van der Waals surface area contributed by atoms with Crippen LogP contribution in [0.25, 0.3) is 0 Å². The molecular weight excluding hydrogens is 290 g/mol. The van der Waals surface area contributed by atoms with E-state index >= 15 is 0 Å². The highest BCUT2D eigenvalue weighted by molar-refractivity contribution is 9.10. The zero-order valence-electron chi connectivity index (χ0n) is 10.7. The largest absolute Gasteiger partial charge is 0.324 e. The van der Waals surface area contributed by atoms with E-state index in [-0.39, 0.29) is 6.04 Å². The van der Waals surface area contributed by atoms with Crippen molar-refractivity contribution in [1.82, 2.24) is 9.78 Å². The highest BCUT2D eigenvalue weighted by Crippen LogP contribution is 2.25. The maximum Gasteiger partial charge on any atom is 0.0522 e. The molecule has 2 N–H and O–H groups in total. The van der Waals surface area contributed by atoms with Crippen molar-refractivity contribution in [2.45, 2.75) is 32.9 Å². The third kappa shape index (κ3) is 3.00. The Morgan fingerprint density at radius 1 is 1.44 bits per heavy atom. The lowest BCUT2D eigenvalue weighted by atomic mass is 10.0. The highest BCUT2D eigenvalue weighted by Gasteiger charge is 2.11. The van der Waals surface area contributed by atoms with Crippen LogP contribution in [0.3, 0.4) is 0 Å². The molecule has 0 saturated carbocycles. The third-order valence-corrected chi connectivity index (χ3v) is 3.71. The average Bonchev–Trinajstić information content (AvgIpc) is 2.76. The molecule has 4 heteroatoms. The molecule has 1 aromatic carbocycles. The molecule has 3 nitrogen and oxygen atoms in total. The van der Waals surface area contributed by atoms with Crippen LogP contribution in [0.4, 0.5) is 0 Å². The maximum absolute atomic E-state index is 6.26. The van der Waals surface area contributed by atoms with Gasteiger partial charge in [0.15, 0.2) is 0 Å². The van der Waals surface area contributed by atoms with Crippen LogP contribution >= 0.6 is 15.9 Å². The monoisotopic (exact) mass is 307 g/mol. The predicted octanol–water partition coefficient (Wildman–Crippen LogP) is 3.22. The summed E-state index contributed by atoms with van der Waals surface area (Å²) in [6.07, 6.45) is 4.76. The Hall–Kier alpha value is -1.13. The normalized spacial score (nSPS) is 12.7. The number of hydrogen-bond donors (Lipinski definition) is 1. The number of hydrogen-bond acceptors (Lipinski definition) is 2. The zero-order chi connectivity index (χ0) is 13.1. The minimum Gasteiger partial charge on any atom is -0.324 e. The van der Waals surface area contributed by atoms with Crippen LogP contribution in [-0.2, 0) is 13.0 Å². The summed E-state index contributed by atoms with van der Waals surface area (Å²) in [7, 11) is 0. The lowest BCUT2D eigenvalue weighted by Gasteiger charge is -2.13. The van der Waals surface area contributed by atoms with Crippen molar-refractivity contribution < 1.29 is 0 Å². The summed E-state index contributed by atoms with van der Waals surface area (Å²) in [5.41, 5.74) is 9.82. The van der Waals surface area contributed by atoms with Crippen LogP contribution in [0.15, 0.2) is 35.1 Å². The highest BCUT2D eigenvalue weighted by atomic mass is 79.9. The molecular formula is C14H18BrN3. The Morgan fingerprint density at radius 3 is 2.83 bits per heavy atom. The van der Waals surface area contributed by atoms with E-state index in [2.05, 4.69) is 59.3 Å². The van der Waals surface area contributed by atoms with Crippen molar-refractivity contribution in [2.24, 2.45) is 5.73 Å². The molecule has 1 aromatic heterocycles. The van der Waals surface area contributed by atoms with Crippen molar-refractivity contribution in [3.63, 3.8) is 0 Å². The van der Waals surface area contributed by atoms with Gasteiger partial charge < -0.3 is 5.73 Å². The first kappa shape index (κ1) is 13.3. The average molecular weight is 308 g/mol. The van der Waals surface area contributed by atoms with Crippen LogP contribution in [0.2, 0.25) is 0 Å². The van der Waals surface area contributed by atoms with E-state index < -0.39 is 0 Å². The molecule has 96 valence electrons. The van der Waals surface area contributed by atoms with Crippen LogP contribution in [0.5, 0.6) is 0 Å². The molecule has 18 heavy (non-hydrogen) atoms. The number of nitrogens with two attached hydrogens (primary N) is 1. The quantitative estimate of drug-likeness (QED) is 0.942. The van der Waals surface area contributed by atoms with Gasteiger partial charge in [-0.2, -0.15) is 5.10 Å². The van der Waals surface area contributed by atoms with Gasteiger partial charge >= 0.3 is 0 Å². The lowest BCUT2D eigenvalue weighted by molar-refractivity contribution is 0.657. The molecule has 0 saturated heterocycles. The molecule has 1 unspecified atom stereocenters. The second kappa shape index (κ2) is 5.67. The molecule has 2 aromatic rings. The van der Waals surface area contributed by atoms with Gasteiger partial charge in [-0.05, 0) is 43.0 Å². The Morgan fingerprint density at radius 2 is 2.22 bits per heavy atom. The number of rotatable bonds is 4.